The maximum Gasteiger partial charge on any atom is 0.137 e. The molecule has 0 N–H and O–H groups in total. The Morgan fingerprint density at radius 3 is 2.36 bits per heavy atom. The maximum absolute atomic E-state index is 13.0. The van der Waals surface area contributed by atoms with Gasteiger partial charge in [-0.3, -0.25) is 0 Å². The molecule has 0 atom stereocenters. The first-order valence-corrected chi connectivity index (χ1v) is 4.22. The van der Waals surface area contributed by atoms with Gasteiger partial charge in [0.15, 0.2) is 0 Å². The Balaban J connectivity index is 3.46. The van der Waals surface area contributed by atoms with E-state index in [1.54, 1.807) is 36.4 Å². The van der Waals surface area contributed by atoms with Crippen molar-refractivity contribution < 1.29 is 8.78 Å². The van der Waals surface area contributed by atoms with Gasteiger partial charge in [0.2, 0.25) is 0 Å². The van der Waals surface area contributed by atoms with Crippen LogP contribution < -0.4 is 0 Å². The summed E-state index contributed by atoms with van der Waals surface area (Å²) >= 11 is 1.80. The molecule has 0 radical (unpaired) electrons. The van der Waals surface area contributed by atoms with Crippen LogP contribution in [0.4, 0.5) is 8.78 Å². The van der Waals surface area contributed by atoms with Crippen LogP contribution in [0.5, 0.6) is 0 Å². The fourth-order valence-electron chi connectivity index (χ4n) is 0.888. The summed E-state index contributed by atoms with van der Waals surface area (Å²) in [7, 11) is 0. The molecule has 3 heteroatoms. The molecule has 0 saturated heterocycles. The van der Waals surface area contributed by atoms with Crippen molar-refractivity contribution >= 4 is 22.6 Å². The van der Waals surface area contributed by atoms with Crippen molar-refractivity contribution in [3.8, 4) is 0 Å². The van der Waals surface area contributed by atoms with Crippen LogP contribution in [0.3, 0.4) is 0 Å². The summed E-state index contributed by atoms with van der Waals surface area (Å²) in [5, 5.41) is 0. The van der Waals surface area contributed by atoms with E-state index in [1.165, 1.54) is 6.07 Å². The lowest BCUT2D eigenvalue weighted by atomic mass is 10.1. The minimum atomic E-state index is -0.345. The molecule has 0 fully saturated rings. The van der Waals surface area contributed by atoms with Gasteiger partial charge >= 0.3 is 0 Å². The molecular formula is C8H7F2I. The minimum absolute atomic E-state index is 0.309. The van der Waals surface area contributed by atoms with E-state index in [2.05, 4.69) is 0 Å². The van der Waals surface area contributed by atoms with Gasteiger partial charge in [0, 0.05) is 5.56 Å². The Morgan fingerprint density at radius 1 is 1.27 bits per heavy atom. The molecule has 0 bridgehead atoms. The van der Waals surface area contributed by atoms with E-state index in [4.69, 9.17) is 0 Å². The smallest absolute Gasteiger partial charge is 0.137 e. The lowest BCUT2D eigenvalue weighted by molar-refractivity contribution is 0.578. The second-order valence-corrected chi connectivity index (χ2v) is 3.51. The Bertz CT molecular complexity index is 268. The highest BCUT2D eigenvalue weighted by Crippen LogP contribution is 2.21. The highest BCUT2D eigenvalue weighted by molar-refractivity contribution is 14.1. The van der Waals surface area contributed by atoms with Gasteiger partial charge in [0.05, 0.1) is 3.57 Å². The molecule has 0 spiro atoms. The fourth-order valence-corrected chi connectivity index (χ4v) is 1.28. The summed E-state index contributed by atoms with van der Waals surface area (Å²) in [6.45, 7) is 3.13. The normalized spacial score (nSPS) is 10.3. The van der Waals surface area contributed by atoms with Crippen molar-refractivity contribution in [3.63, 3.8) is 0 Å². The molecule has 0 nitrogen and oxygen atoms in total. The van der Waals surface area contributed by atoms with Crippen molar-refractivity contribution in [2.24, 2.45) is 0 Å². The average Bonchev–Trinajstić information content (AvgIpc) is 1.97. The van der Waals surface area contributed by atoms with Gasteiger partial charge in [-0.2, -0.15) is 0 Å². The zero-order valence-electron chi connectivity index (χ0n) is 6.21. The SMILES string of the molecule is Cc1cc(F)c(I)c(C)c1F. The Morgan fingerprint density at radius 2 is 1.82 bits per heavy atom. The van der Waals surface area contributed by atoms with Crippen LogP contribution in [0.25, 0.3) is 0 Å². The van der Waals surface area contributed by atoms with E-state index in [0.717, 1.165) is 0 Å². The van der Waals surface area contributed by atoms with Crippen molar-refractivity contribution in [2.45, 2.75) is 13.8 Å². The third-order valence-electron chi connectivity index (χ3n) is 1.56. The van der Waals surface area contributed by atoms with Crippen molar-refractivity contribution in [1.82, 2.24) is 0 Å². The van der Waals surface area contributed by atoms with Crippen LogP contribution in [0.1, 0.15) is 11.1 Å². The molecule has 1 rings (SSSR count). The highest BCUT2D eigenvalue weighted by atomic mass is 127. The third kappa shape index (κ3) is 1.52. The molecule has 0 heterocycles. The molecular weight excluding hydrogens is 261 g/mol. The van der Waals surface area contributed by atoms with Crippen LogP contribution >= 0.6 is 22.6 Å². The first-order chi connectivity index (χ1) is 5.04. The third-order valence-corrected chi connectivity index (χ3v) is 2.88. The fraction of sp³-hybridized carbons (Fsp3) is 0.250. The molecule has 60 valence electrons. The summed E-state index contributed by atoms with van der Waals surface area (Å²) in [6.07, 6.45) is 0. The molecule has 0 unspecified atom stereocenters. The van der Waals surface area contributed by atoms with Gasteiger partial charge in [0.1, 0.15) is 11.6 Å². The highest BCUT2D eigenvalue weighted by Gasteiger charge is 2.09. The number of halogens is 3. The standard InChI is InChI=1S/C8H7F2I/c1-4-3-6(9)8(11)5(2)7(4)10/h3H,1-2H3. The summed E-state index contributed by atoms with van der Waals surface area (Å²) < 4.78 is 26.2. The predicted octanol–water partition coefficient (Wildman–Crippen LogP) is 3.19. The Labute approximate surface area is 77.8 Å². The van der Waals surface area contributed by atoms with Gasteiger partial charge < -0.3 is 0 Å². The number of hydrogen-bond donors (Lipinski definition) is 0. The lowest BCUT2D eigenvalue weighted by Gasteiger charge is -2.03. The Kier molecular flexibility index (Phi) is 2.47. The number of aryl methyl sites for hydroxylation is 1. The molecule has 0 saturated carbocycles. The summed E-state index contributed by atoms with van der Waals surface area (Å²) in [5.74, 6) is -0.655. The quantitative estimate of drug-likeness (QED) is 0.500. The summed E-state index contributed by atoms with van der Waals surface area (Å²) in [4.78, 5) is 0. The second kappa shape index (κ2) is 3.05. The molecule has 0 aromatic heterocycles. The van der Waals surface area contributed by atoms with Gasteiger partial charge in [0.25, 0.3) is 0 Å². The average molecular weight is 268 g/mol. The van der Waals surface area contributed by atoms with E-state index in [1.807, 2.05) is 0 Å². The van der Waals surface area contributed by atoms with Gasteiger partial charge in [-0.15, -0.1) is 0 Å². The van der Waals surface area contributed by atoms with Gasteiger partial charge in [-0.1, -0.05) is 0 Å². The van der Waals surface area contributed by atoms with E-state index in [9.17, 15) is 8.78 Å². The van der Waals surface area contributed by atoms with E-state index in [0.29, 0.717) is 14.7 Å². The summed E-state index contributed by atoms with van der Waals surface area (Å²) in [6, 6.07) is 1.21. The Hall–Kier alpha value is -0.190. The van der Waals surface area contributed by atoms with Crippen LogP contribution in [0.2, 0.25) is 0 Å². The van der Waals surface area contributed by atoms with Crippen molar-refractivity contribution in [1.29, 1.82) is 0 Å². The molecule has 1 aromatic rings. The summed E-state index contributed by atoms with van der Waals surface area (Å²) in [5.41, 5.74) is 0.753. The second-order valence-electron chi connectivity index (χ2n) is 2.43. The van der Waals surface area contributed by atoms with Crippen molar-refractivity contribution in [2.75, 3.05) is 0 Å². The molecule has 1 aromatic carbocycles. The molecule has 0 amide bonds. The molecule has 0 aliphatic rings. The predicted molar refractivity (Wildman–Crippen MR) is 48.5 cm³/mol. The first kappa shape index (κ1) is 8.90. The maximum atomic E-state index is 13.0. The number of hydrogen-bond acceptors (Lipinski definition) is 0. The lowest BCUT2D eigenvalue weighted by Crippen LogP contribution is -1.95. The molecule has 11 heavy (non-hydrogen) atoms. The van der Waals surface area contributed by atoms with Crippen LogP contribution in [0, 0.1) is 29.1 Å². The van der Waals surface area contributed by atoms with Crippen LogP contribution in [-0.4, -0.2) is 0 Å². The first-order valence-electron chi connectivity index (χ1n) is 3.14. The number of rotatable bonds is 0. The van der Waals surface area contributed by atoms with Crippen molar-refractivity contribution in [3.05, 3.63) is 32.4 Å². The largest absolute Gasteiger partial charge is 0.206 e. The monoisotopic (exact) mass is 268 g/mol. The van der Waals surface area contributed by atoms with Crippen LogP contribution in [-0.2, 0) is 0 Å². The molecule has 0 aliphatic carbocycles. The van der Waals surface area contributed by atoms with Gasteiger partial charge in [-0.05, 0) is 48.1 Å². The molecule has 0 aliphatic heterocycles. The number of benzene rings is 1. The van der Waals surface area contributed by atoms with Crippen LogP contribution in [0.15, 0.2) is 6.07 Å². The van der Waals surface area contributed by atoms with E-state index in [-0.39, 0.29) is 11.6 Å². The topological polar surface area (TPSA) is 0 Å². The van der Waals surface area contributed by atoms with E-state index < -0.39 is 0 Å². The zero-order chi connectivity index (χ0) is 8.59. The van der Waals surface area contributed by atoms with E-state index >= 15 is 0 Å². The minimum Gasteiger partial charge on any atom is -0.206 e. The zero-order valence-corrected chi connectivity index (χ0v) is 8.37. The van der Waals surface area contributed by atoms with Gasteiger partial charge in [-0.25, -0.2) is 8.78 Å².